The Morgan fingerprint density at radius 2 is 1.65 bits per heavy atom. The predicted molar refractivity (Wildman–Crippen MR) is 153 cm³/mol. The Hall–Kier alpha value is -2.84. The zero-order valence-electron chi connectivity index (χ0n) is 20.9. The van der Waals surface area contributed by atoms with E-state index in [9.17, 15) is 9.50 Å². The molecule has 1 aliphatic heterocycles. The van der Waals surface area contributed by atoms with Crippen LogP contribution >= 0.6 is 24.8 Å². The number of aromatic nitrogens is 2. The Labute approximate surface area is 229 Å². The number of phenols is 1. The summed E-state index contributed by atoms with van der Waals surface area (Å²) in [6, 6.07) is 21.1. The van der Waals surface area contributed by atoms with Gasteiger partial charge in [-0.2, -0.15) is 0 Å². The van der Waals surface area contributed by atoms with Gasteiger partial charge in [-0.15, -0.1) is 24.8 Å². The Kier molecular flexibility index (Phi) is 11.2. The topological polar surface area (TPSA) is 84.8 Å². The number of rotatable bonds is 7. The first-order chi connectivity index (χ1) is 16.5. The number of halogens is 3. The molecule has 4 N–H and O–H groups in total. The fourth-order valence-corrected chi connectivity index (χ4v) is 4.76. The Balaban J connectivity index is 0.00000160. The summed E-state index contributed by atoms with van der Waals surface area (Å²) in [7, 11) is 0. The van der Waals surface area contributed by atoms with Gasteiger partial charge in [0.15, 0.2) is 0 Å². The summed E-state index contributed by atoms with van der Waals surface area (Å²) < 4.78 is 15.6. The molecule has 0 unspecified atom stereocenters. The molecule has 1 aromatic heterocycles. The number of fused-ring (bicyclic) bond motifs is 1. The highest BCUT2D eigenvalue weighted by Crippen LogP contribution is 2.24. The summed E-state index contributed by atoms with van der Waals surface area (Å²) in [5.41, 5.74) is 5.30. The fourth-order valence-electron chi connectivity index (χ4n) is 4.76. The molecule has 9 heteroatoms. The summed E-state index contributed by atoms with van der Waals surface area (Å²) >= 11 is 0. The highest BCUT2D eigenvalue weighted by atomic mass is 35.5. The molecule has 5 rings (SSSR count). The van der Waals surface area contributed by atoms with Crippen molar-refractivity contribution < 1.29 is 15.0 Å². The molecular weight excluding hydrogens is 514 g/mol. The Morgan fingerprint density at radius 1 is 0.973 bits per heavy atom. The maximum absolute atomic E-state index is 13.4. The van der Waals surface area contributed by atoms with Crippen LogP contribution in [0, 0.1) is 12.7 Å². The summed E-state index contributed by atoms with van der Waals surface area (Å²) in [5, 5.41) is 13.4. The lowest BCUT2D eigenvalue weighted by Crippen LogP contribution is -2.40. The van der Waals surface area contributed by atoms with Gasteiger partial charge in [0.25, 0.3) is 0 Å². The number of nitrogens with one attached hydrogen (secondary N) is 1. The van der Waals surface area contributed by atoms with Crippen molar-refractivity contribution in [1.29, 1.82) is 0 Å². The van der Waals surface area contributed by atoms with Gasteiger partial charge in [-0.3, -0.25) is 0 Å². The number of nitrogens with zero attached hydrogens (tertiary/aromatic N) is 3. The number of phenolic OH excluding ortho intramolecular Hbond substituents is 1. The summed E-state index contributed by atoms with van der Waals surface area (Å²) in [5.74, 6) is 1.02. The number of benzene rings is 3. The zero-order chi connectivity index (χ0) is 23.5. The van der Waals surface area contributed by atoms with Gasteiger partial charge < -0.3 is 25.4 Å². The van der Waals surface area contributed by atoms with E-state index in [4.69, 9.17) is 4.98 Å². The second-order valence-corrected chi connectivity index (χ2v) is 9.27. The number of hydrogen-bond donors (Lipinski definition) is 2. The lowest BCUT2D eigenvalue weighted by atomic mass is 10.0. The fraction of sp³-hybridized carbons (Fsp3) is 0.321. The van der Waals surface area contributed by atoms with E-state index in [0.29, 0.717) is 18.3 Å². The normalized spacial score (nSPS) is 13.9. The molecule has 200 valence electrons. The smallest absolute Gasteiger partial charge is 0.204 e. The first-order valence-corrected chi connectivity index (χ1v) is 12.0. The molecule has 0 saturated carbocycles. The second kappa shape index (κ2) is 13.6. The van der Waals surface area contributed by atoms with Gasteiger partial charge in [0, 0.05) is 25.7 Å². The summed E-state index contributed by atoms with van der Waals surface area (Å²) in [6.45, 7) is 5.72. The van der Waals surface area contributed by atoms with Crippen LogP contribution in [0.15, 0.2) is 66.7 Å². The average Bonchev–Trinajstić information content (AvgIpc) is 3.19. The van der Waals surface area contributed by atoms with Gasteiger partial charge in [-0.1, -0.05) is 36.4 Å². The average molecular weight is 550 g/mol. The van der Waals surface area contributed by atoms with E-state index >= 15 is 0 Å². The van der Waals surface area contributed by atoms with Crippen molar-refractivity contribution in [2.24, 2.45) is 0 Å². The van der Waals surface area contributed by atoms with Gasteiger partial charge in [-0.05, 0) is 73.2 Å². The van der Waals surface area contributed by atoms with Crippen LogP contribution in [-0.4, -0.2) is 50.7 Å². The van der Waals surface area contributed by atoms with Crippen LogP contribution in [0.4, 0.5) is 10.3 Å². The van der Waals surface area contributed by atoms with Gasteiger partial charge in [0.1, 0.15) is 11.6 Å². The maximum atomic E-state index is 13.4. The third-order valence-corrected chi connectivity index (χ3v) is 6.81. The molecule has 0 amide bonds. The monoisotopic (exact) mass is 548 g/mol. The number of anilines is 1. The van der Waals surface area contributed by atoms with Crippen LogP contribution in [0.3, 0.4) is 0 Å². The first-order valence-electron chi connectivity index (χ1n) is 12.0. The molecule has 6 nitrogen and oxygen atoms in total. The molecule has 0 spiro atoms. The van der Waals surface area contributed by atoms with Crippen molar-refractivity contribution >= 4 is 41.8 Å². The zero-order valence-corrected chi connectivity index (χ0v) is 22.5. The predicted octanol–water partition coefficient (Wildman–Crippen LogP) is 5.38. The van der Waals surface area contributed by atoms with E-state index in [-0.39, 0.29) is 36.1 Å². The molecule has 4 aromatic rings. The molecule has 0 atom stereocenters. The van der Waals surface area contributed by atoms with E-state index in [2.05, 4.69) is 26.9 Å². The molecule has 1 fully saturated rings. The molecule has 37 heavy (non-hydrogen) atoms. The number of piperidine rings is 1. The molecule has 1 saturated heterocycles. The number of likely N-dealkylation sites (tertiary alicyclic amines) is 1. The minimum atomic E-state index is -0.218. The van der Waals surface area contributed by atoms with E-state index in [0.717, 1.165) is 67.0 Å². The number of aromatic hydroxyl groups is 1. The van der Waals surface area contributed by atoms with Gasteiger partial charge in [-0.25, -0.2) is 9.37 Å². The quantitative estimate of drug-likeness (QED) is 0.325. The van der Waals surface area contributed by atoms with Crippen molar-refractivity contribution in [2.45, 2.75) is 38.8 Å². The number of aryl methyl sites for hydroxylation is 1. The summed E-state index contributed by atoms with van der Waals surface area (Å²) in [4.78, 5) is 7.39. The van der Waals surface area contributed by atoms with Crippen molar-refractivity contribution in [3.63, 3.8) is 0 Å². The van der Waals surface area contributed by atoms with Crippen molar-refractivity contribution in [1.82, 2.24) is 14.5 Å². The third-order valence-electron chi connectivity index (χ3n) is 6.81. The molecular formula is C28H35Cl2FN4O2. The van der Waals surface area contributed by atoms with Crippen LogP contribution in [0.1, 0.15) is 29.5 Å². The molecule has 0 bridgehead atoms. The molecule has 0 aliphatic carbocycles. The Morgan fingerprint density at radius 3 is 2.35 bits per heavy atom. The van der Waals surface area contributed by atoms with E-state index in [1.807, 2.05) is 43.3 Å². The highest BCUT2D eigenvalue weighted by molar-refractivity contribution is 5.85. The number of hydrogen-bond acceptors (Lipinski definition) is 4. The minimum absolute atomic E-state index is 0. The largest absolute Gasteiger partial charge is 0.508 e. The first kappa shape index (κ1) is 30.4. The standard InChI is InChI=1S/C28H31FN4O.2ClH.H2O/c1-20-18-21(8-11-27(20)34)12-15-32-16-13-24(14-17-32)30-28-31-25-4-2-3-5-26(25)33(28)19-22-6-9-23(29)10-7-22;;;/h2-11,18,24,34H,12-17,19H2,1H3,(H,30,31);2*1H;1H2. The lowest BCUT2D eigenvalue weighted by molar-refractivity contribution is 0.221. The van der Waals surface area contributed by atoms with Crippen LogP contribution in [0.25, 0.3) is 11.0 Å². The molecule has 3 aromatic carbocycles. The van der Waals surface area contributed by atoms with Crippen LogP contribution in [0.5, 0.6) is 5.75 Å². The molecule has 0 radical (unpaired) electrons. The van der Waals surface area contributed by atoms with E-state index < -0.39 is 0 Å². The highest BCUT2D eigenvalue weighted by Gasteiger charge is 2.21. The van der Waals surface area contributed by atoms with Crippen LogP contribution < -0.4 is 5.32 Å². The van der Waals surface area contributed by atoms with Gasteiger partial charge in [0.2, 0.25) is 5.95 Å². The molecule has 1 aliphatic rings. The van der Waals surface area contributed by atoms with E-state index in [1.54, 1.807) is 6.07 Å². The second-order valence-electron chi connectivity index (χ2n) is 9.27. The summed E-state index contributed by atoms with van der Waals surface area (Å²) in [6.07, 6.45) is 3.12. The SMILES string of the molecule is Cc1cc(CCN2CCC(Nc3nc4ccccc4n3Cc3ccc(F)cc3)CC2)ccc1O.Cl.Cl.O. The van der Waals surface area contributed by atoms with Crippen molar-refractivity contribution in [2.75, 3.05) is 25.0 Å². The third kappa shape index (κ3) is 7.36. The van der Waals surface area contributed by atoms with Crippen LogP contribution in [0.2, 0.25) is 0 Å². The number of imidazole rings is 1. The van der Waals surface area contributed by atoms with Crippen molar-refractivity contribution in [3.05, 3.63) is 89.2 Å². The Bertz CT molecular complexity index is 1280. The van der Waals surface area contributed by atoms with Gasteiger partial charge in [0.05, 0.1) is 17.6 Å². The lowest BCUT2D eigenvalue weighted by Gasteiger charge is -2.32. The van der Waals surface area contributed by atoms with E-state index in [1.165, 1.54) is 17.7 Å². The van der Waals surface area contributed by atoms with Crippen molar-refractivity contribution in [3.8, 4) is 5.75 Å². The molecule has 2 heterocycles. The van der Waals surface area contributed by atoms with Crippen LogP contribution in [-0.2, 0) is 13.0 Å². The maximum Gasteiger partial charge on any atom is 0.204 e. The minimum Gasteiger partial charge on any atom is -0.508 e. The van der Waals surface area contributed by atoms with Gasteiger partial charge >= 0.3 is 0 Å². The number of para-hydroxylation sites is 2.